The van der Waals surface area contributed by atoms with Crippen molar-refractivity contribution in [2.45, 2.75) is 71.6 Å². The van der Waals surface area contributed by atoms with Gasteiger partial charge in [-0.1, -0.05) is 85.7 Å². The monoisotopic (exact) mass is 322 g/mol. The van der Waals surface area contributed by atoms with Crippen LogP contribution < -0.4 is 4.74 Å². The normalized spacial score (nSPS) is 16.2. The van der Waals surface area contributed by atoms with Crippen LogP contribution in [0.5, 0.6) is 11.5 Å². The molecule has 1 nitrogen and oxygen atoms in total. The van der Waals surface area contributed by atoms with Gasteiger partial charge >= 0.3 is 0 Å². The summed E-state index contributed by atoms with van der Waals surface area (Å²) < 4.78 is 6.51. The summed E-state index contributed by atoms with van der Waals surface area (Å²) in [5.41, 5.74) is 5.27. The summed E-state index contributed by atoms with van der Waals surface area (Å²) in [4.78, 5) is 0. The molecule has 2 aromatic carbocycles. The van der Waals surface area contributed by atoms with Gasteiger partial charge in [-0.15, -0.1) is 0 Å². The molecule has 0 aromatic heterocycles. The molecule has 0 amide bonds. The zero-order valence-corrected chi connectivity index (χ0v) is 16.4. The summed E-state index contributed by atoms with van der Waals surface area (Å²) >= 11 is 0. The van der Waals surface area contributed by atoms with Crippen LogP contribution in [0.3, 0.4) is 0 Å². The molecular formula is C23H30O. The standard InChI is InChI=1S/C23H30O/c1-21(2,3)15-12-13-16-19(14-15)24-20-17(22(4,5)6)10-9-11-18(20)23(16,7)8/h9-14H,1-8H3. The first-order valence-electron chi connectivity index (χ1n) is 8.89. The molecule has 2 aromatic rings. The minimum atomic E-state index is -0.0550. The number of ether oxygens (including phenoxy) is 1. The first kappa shape index (κ1) is 17.1. The van der Waals surface area contributed by atoms with Gasteiger partial charge in [0.05, 0.1) is 0 Å². The zero-order chi connectivity index (χ0) is 17.9. The Hall–Kier alpha value is -1.76. The van der Waals surface area contributed by atoms with Crippen molar-refractivity contribution in [2.24, 2.45) is 0 Å². The first-order valence-corrected chi connectivity index (χ1v) is 8.89. The van der Waals surface area contributed by atoms with E-state index in [1.54, 1.807) is 0 Å². The van der Waals surface area contributed by atoms with E-state index in [0.29, 0.717) is 0 Å². The van der Waals surface area contributed by atoms with E-state index in [0.717, 1.165) is 11.5 Å². The number of rotatable bonds is 0. The van der Waals surface area contributed by atoms with Gasteiger partial charge in [-0.2, -0.15) is 0 Å². The van der Waals surface area contributed by atoms with E-state index in [9.17, 15) is 0 Å². The number of para-hydroxylation sites is 1. The topological polar surface area (TPSA) is 9.23 Å². The van der Waals surface area contributed by atoms with Gasteiger partial charge in [-0.3, -0.25) is 0 Å². The molecule has 0 spiro atoms. The van der Waals surface area contributed by atoms with Gasteiger partial charge in [0.15, 0.2) is 0 Å². The fourth-order valence-electron chi connectivity index (χ4n) is 3.57. The average Bonchev–Trinajstić information content (AvgIpc) is 2.44. The van der Waals surface area contributed by atoms with Crippen molar-refractivity contribution in [3.05, 3.63) is 58.7 Å². The summed E-state index contributed by atoms with van der Waals surface area (Å²) in [7, 11) is 0. The van der Waals surface area contributed by atoms with Crippen LogP contribution in [-0.4, -0.2) is 0 Å². The van der Waals surface area contributed by atoms with Crippen LogP contribution in [0.25, 0.3) is 0 Å². The maximum Gasteiger partial charge on any atom is 0.135 e. The van der Waals surface area contributed by atoms with E-state index in [4.69, 9.17) is 4.74 Å². The third kappa shape index (κ3) is 2.64. The summed E-state index contributed by atoms with van der Waals surface area (Å²) in [6.45, 7) is 18.1. The number of hydrogen-bond donors (Lipinski definition) is 0. The predicted molar refractivity (Wildman–Crippen MR) is 102 cm³/mol. The summed E-state index contributed by atoms with van der Waals surface area (Å²) in [5, 5.41) is 0. The van der Waals surface area contributed by atoms with E-state index in [-0.39, 0.29) is 16.2 Å². The Balaban J connectivity index is 2.24. The van der Waals surface area contributed by atoms with Gasteiger partial charge in [-0.05, 0) is 22.5 Å². The van der Waals surface area contributed by atoms with E-state index >= 15 is 0 Å². The van der Waals surface area contributed by atoms with Crippen molar-refractivity contribution >= 4 is 0 Å². The molecule has 128 valence electrons. The van der Waals surface area contributed by atoms with E-state index < -0.39 is 0 Å². The third-order valence-corrected chi connectivity index (χ3v) is 5.23. The molecule has 0 bridgehead atoms. The third-order valence-electron chi connectivity index (χ3n) is 5.23. The maximum absolute atomic E-state index is 6.51. The van der Waals surface area contributed by atoms with Crippen molar-refractivity contribution in [3.8, 4) is 11.5 Å². The molecule has 1 aliphatic heterocycles. The molecule has 0 saturated carbocycles. The first-order chi connectivity index (χ1) is 10.9. The fourth-order valence-corrected chi connectivity index (χ4v) is 3.57. The lowest BCUT2D eigenvalue weighted by atomic mass is 9.72. The minimum Gasteiger partial charge on any atom is -0.456 e. The molecular weight excluding hydrogens is 292 g/mol. The zero-order valence-electron chi connectivity index (χ0n) is 16.4. The Labute approximate surface area is 147 Å². The van der Waals surface area contributed by atoms with Crippen molar-refractivity contribution in [3.63, 3.8) is 0 Å². The molecule has 0 N–H and O–H groups in total. The highest BCUT2D eigenvalue weighted by atomic mass is 16.5. The number of hydrogen-bond acceptors (Lipinski definition) is 1. The van der Waals surface area contributed by atoms with Gasteiger partial charge < -0.3 is 4.74 Å². The Morgan fingerprint density at radius 1 is 0.792 bits per heavy atom. The lowest BCUT2D eigenvalue weighted by Crippen LogP contribution is -2.27. The fraction of sp³-hybridized carbons (Fsp3) is 0.478. The van der Waals surface area contributed by atoms with Crippen molar-refractivity contribution in [2.75, 3.05) is 0 Å². The van der Waals surface area contributed by atoms with Crippen LogP contribution in [-0.2, 0) is 16.2 Å². The molecule has 0 fully saturated rings. The second kappa shape index (κ2) is 5.12. The van der Waals surface area contributed by atoms with Gasteiger partial charge in [-0.25, -0.2) is 0 Å². The Morgan fingerprint density at radius 2 is 1.46 bits per heavy atom. The molecule has 0 aliphatic carbocycles. The smallest absolute Gasteiger partial charge is 0.135 e. The summed E-state index contributed by atoms with van der Waals surface area (Å²) in [6, 6.07) is 13.3. The molecule has 1 heterocycles. The van der Waals surface area contributed by atoms with Crippen LogP contribution in [0.4, 0.5) is 0 Å². The number of fused-ring (bicyclic) bond motifs is 2. The molecule has 0 radical (unpaired) electrons. The van der Waals surface area contributed by atoms with Crippen LogP contribution in [0.1, 0.15) is 77.6 Å². The number of benzene rings is 2. The van der Waals surface area contributed by atoms with Gasteiger partial charge in [0.2, 0.25) is 0 Å². The van der Waals surface area contributed by atoms with Gasteiger partial charge in [0.25, 0.3) is 0 Å². The van der Waals surface area contributed by atoms with Crippen LogP contribution in [0.2, 0.25) is 0 Å². The van der Waals surface area contributed by atoms with Crippen molar-refractivity contribution < 1.29 is 4.74 Å². The molecule has 1 heteroatoms. The Kier molecular flexibility index (Phi) is 3.64. The van der Waals surface area contributed by atoms with Gasteiger partial charge in [0.1, 0.15) is 11.5 Å². The van der Waals surface area contributed by atoms with Crippen molar-refractivity contribution in [1.82, 2.24) is 0 Å². The molecule has 0 saturated heterocycles. The van der Waals surface area contributed by atoms with Crippen LogP contribution >= 0.6 is 0 Å². The second-order valence-electron chi connectivity index (χ2n) is 9.62. The second-order valence-corrected chi connectivity index (χ2v) is 9.62. The SMILES string of the molecule is CC(C)(C)c1ccc2c(c1)Oc1c(C(C)(C)C)cccc1C2(C)C. The molecule has 24 heavy (non-hydrogen) atoms. The van der Waals surface area contributed by atoms with Crippen LogP contribution in [0.15, 0.2) is 36.4 Å². The molecule has 0 unspecified atom stereocenters. The Bertz CT molecular complexity index is 783. The maximum atomic E-state index is 6.51. The highest BCUT2D eigenvalue weighted by molar-refractivity contribution is 5.61. The van der Waals surface area contributed by atoms with Crippen molar-refractivity contribution in [1.29, 1.82) is 0 Å². The highest BCUT2D eigenvalue weighted by Gasteiger charge is 2.37. The van der Waals surface area contributed by atoms with Crippen LogP contribution in [0, 0.1) is 0 Å². The summed E-state index contributed by atoms with van der Waals surface area (Å²) in [5.74, 6) is 2.06. The Morgan fingerprint density at radius 3 is 2.04 bits per heavy atom. The lowest BCUT2D eigenvalue weighted by molar-refractivity contribution is 0.399. The molecule has 0 atom stereocenters. The van der Waals surface area contributed by atoms with E-state index in [2.05, 4.69) is 91.8 Å². The highest BCUT2D eigenvalue weighted by Crippen LogP contribution is 2.51. The average molecular weight is 322 g/mol. The minimum absolute atomic E-state index is 0.0550. The summed E-state index contributed by atoms with van der Waals surface area (Å²) in [6.07, 6.45) is 0. The van der Waals surface area contributed by atoms with Gasteiger partial charge in [0, 0.05) is 22.1 Å². The lowest BCUT2D eigenvalue weighted by Gasteiger charge is -2.38. The largest absolute Gasteiger partial charge is 0.456 e. The molecule has 3 rings (SSSR count). The quantitative estimate of drug-likeness (QED) is 0.523. The molecule has 1 aliphatic rings. The van der Waals surface area contributed by atoms with E-state index in [1.807, 2.05) is 0 Å². The van der Waals surface area contributed by atoms with E-state index in [1.165, 1.54) is 22.3 Å². The predicted octanol–water partition coefficient (Wildman–Crippen LogP) is 6.71.